The van der Waals surface area contributed by atoms with Crippen LogP contribution in [0.5, 0.6) is 0 Å². The second-order valence-corrected chi connectivity index (χ2v) is 7.39. The van der Waals surface area contributed by atoms with Gasteiger partial charge in [0.1, 0.15) is 0 Å². The van der Waals surface area contributed by atoms with E-state index in [1.807, 2.05) is 13.8 Å². The van der Waals surface area contributed by atoms with E-state index in [1.54, 1.807) is 23.3 Å². The smallest absolute Gasteiger partial charge is 0.409 e. The number of halogens is 1. The van der Waals surface area contributed by atoms with Gasteiger partial charge in [0.05, 0.1) is 11.6 Å². The predicted octanol–water partition coefficient (Wildman–Crippen LogP) is 3.18. The maximum absolute atomic E-state index is 11.7. The van der Waals surface area contributed by atoms with Crippen molar-refractivity contribution in [2.24, 2.45) is 4.99 Å². The summed E-state index contributed by atoms with van der Waals surface area (Å²) in [5.74, 6) is 0.838. The lowest BCUT2D eigenvalue weighted by molar-refractivity contribution is 0.0963. The van der Waals surface area contributed by atoms with Crippen molar-refractivity contribution in [3.8, 4) is 0 Å². The third-order valence-corrected chi connectivity index (χ3v) is 5.39. The van der Waals surface area contributed by atoms with Crippen LogP contribution in [0, 0.1) is 6.92 Å². The minimum atomic E-state index is -0.205. The van der Waals surface area contributed by atoms with E-state index >= 15 is 0 Å². The summed E-state index contributed by atoms with van der Waals surface area (Å²) >= 11 is 1.74. The molecule has 0 aromatic carbocycles. The highest BCUT2D eigenvalue weighted by Gasteiger charge is 2.23. The van der Waals surface area contributed by atoms with Crippen molar-refractivity contribution in [1.29, 1.82) is 0 Å². The molecule has 1 aromatic rings. The first-order chi connectivity index (χ1) is 12.6. The van der Waals surface area contributed by atoms with Gasteiger partial charge in [-0.05, 0) is 46.0 Å². The molecule has 1 aromatic heterocycles. The minimum absolute atomic E-state index is 0. The first kappa shape index (κ1) is 23.9. The molecule has 2 rings (SSSR count). The van der Waals surface area contributed by atoms with Crippen LogP contribution in [0.2, 0.25) is 0 Å². The molecule has 1 aliphatic rings. The van der Waals surface area contributed by atoms with Crippen LogP contribution in [0.25, 0.3) is 0 Å². The number of hydrogen-bond donors (Lipinski definition) is 2. The second kappa shape index (κ2) is 13.1. The van der Waals surface area contributed by atoms with E-state index in [1.165, 1.54) is 5.01 Å². The van der Waals surface area contributed by atoms with Crippen molar-refractivity contribution < 1.29 is 9.53 Å². The lowest BCUT2D eigenvalue weighted by Crippen LogP contribution is -2.50. The molecule has 7 nitrogen and oxygen atoms in total. The highest BCUT2D eigenvalue weighted by molar-refractivity contribution is 14.0. The van der Waals surface area contributed by atoms with E-state index in [2.05, 4.69) is 26.0 Å². The number of likely N-dealkylation sites (tertiary alicyclic amines) is 1. The van der Waals surface area contributed by atoms with Crippen molar-refractivity contribution in [3.63, 3.8) is 0 Å². The van der Waals surface area contributed by atoms with Gasteiger partial charge in [-0.15, -0.1) is 35.3 Å². The molecule has 27 heavy (non-hydrogen) atoms. The number of carbonyl (C=O) groups is 1. The Morgan fingerprint density at radius 3 is 2.74 bits per heavy atom. The quantitative estimate of drug-likeness (QED) is 0.256. The number of carbonyl (C=O) groups excluding carboxylic acids is 1. The van der Waals surface area contributed by atoms with Crippen LogP contribution in [0.4, 0.5) is 4.79 Å². The second-order valence-electron chi connectivity index (χ2n) is 6.44. The van der Waals surface area contributed by atoms with Crippen LogP contribution < -0.4 is 10.6 Å². The number of thiazole rings is 1. The molecule has 1 saturated heterocycles. The number of unbranched alkanes of at least 4 members (excludes halogenated alkanes) is 1. The largest absolute Gasteiger partial charge is 0.450 e. The van der Waals surface area contributed by atoms with E-state index in [4.69, 9.17) is 4.74 Å². The molecule has 0 atom stereocenters. The number of aliphatic imine (C=N–C) groups is 1. The van der Waals surface area contributed by atoms with Gasteiger partial charge >= 0.3 is 6.09 Å². The van der Waals surface area contributed by atoms with Crippen molar-refractivity contribution in [2.75, 3.05) is 33.3 Å². The summed E-state index contributed by atoms with van der Waals surface area (Å²) in [7, 11) is 1.79. The molecule has 1 amide bonds. The first-order valence-electron chi connectivity index (χ1n) is 9.42. The van der Waals surface area contributed by atoms with Crippen LogP contribution in [0.3, 0.4) is 0 Å². The third kappa shape index (κ3) is 8.63. The fraction of sp³-hybridized carbons (Fsp3) is 0.722. The lowest BCUT2D eigenvalue weighted by Gasteiger charge is -2.32. The van der Waals surface area contributed by atoms with Gasteiger partial charge < -0.3 is 20.3 Å². The molecule has 1 fully saturated rings. The molecule has 0 bridgehead atoms. The fourth-order valence-corrected chi connectivity index (χ4v) is 3.75. The number of ether oxygens (including phenoxy) is 1. The zero-order valence-corrected chi connectivity index (χ0v) is 19.6. The van der Waals surface area contributed by atoms with Crippen LogP contribution in [0.15, 0.2) is 10.4 Å². The molecule has 0 saturated carbocycles. The molecule has 2 N–H and O–H groups in total. The van der Waals surface area contributed by atoms with Crippen LogP contribution in [-0.2, 0) is 11.2 Å². The van der Waals surface area contributed by atoms with Crippen molar-refractivity contribution in [3.05, 3.63) is 16.1 Å². The van der Waals surface area contributed by atoms with E-state index < -0.39 is 0 Å². The minimum Gasteiger partial charge on any atom is -0.450 e. The zero-order chi connectivity index (χ0) is 18.8. The Balaban J connectivity index is 0.00000364. The van der Waals surface area contributed by atoms with E-state index in [0.29, 0.717) is 12.6 Å². The average molecular weight is 509 g/mol. The summed E-state index contributed by atoms with van der Waals surface area (Å²) < 4.78 is 5.05. The summed E-state index contributed by atoms with van der Waals surface area (Å²) in [6.07, 6.45) is 4.85. The van der Waals surface area contributed by atoms with E-state index in [-0.39, 0.29) is 30.1 Å². The van der Waals surface area contributed by atoms with Crippen molar-refractivity contribution >= 4 is 47.4 Å². The number of guanidine groups is 1. The molecule has 154 valence electrons. The number of nitrogens with zero attached hydrogens (tertiary/aromatic N) is 3. The van der Waals surface area contributed by atoms with Gasteiger partial charge in [0.15, 0.2) is 5.96 Å². The van der Waals surface area contributed by atoms with Crippen molar-refractivity contribution in [1.82, 2.24) is 20.5 Å². The Kier molecular flexibility index (Phi) is 11.7. The number of amides is 1. The summed E-state index contributed by atoms with van der Waals surface area (Å²) in [6, 6.07) is 0.338. The topological polar surface area (TPSA) is 78.8 Å². The Bertz CT molecular complexity index is 588. The fourth-order valence-electron chi connectivity index (χ4n) is 2.93. The van der Waals surface area contributed by atoms with Crippen LogP contribution in [0.1, 0.15) is 43.3 Å². The van der Waals surface area contributed by atoms with Gasteiger partial charge in [-0.25, -0.2) is 9.78 Å². The van der Waals surface area contributed by atoms with Crippen LogP contribution in [-0.4, -0.2) is 61.3 Å². The average Bonchev–Trinajstić information content (AvgIpc) is 3.06. The highest BCUT2D eigenvalue weighted by atomic mass is 127. The monoisotopic (exact) mass is 509 g/mol. The molecule has 0 spiro atoms. The van der Waals surface area contributed by atoms with Crippen molar-refractivity contribution in [2.45, 2.75) is 52.0 Å². The summed E-state index contributed by atoms with van der Waals surface area (Å²) in [5, 5.41) is 10.2. The number of aromatic nitrogens is 1. The highest BCUT2D eigenvalue weighted by Crippen LogP contribution is 2.12. The number of rotatable bonds is 7. The lowest BCUT2D eigenvalue weighted by atomic mass is 10.1. The number of nitrogens with one attached hydrogen (secondary N) is 2. The van der Waals surface area contributed by atoms with Gasteiger partial charge in [0, 0.05) is 43.8 Å². The van der Waals surface area contributed by atoms with Crippen LogP contribution >= 0.6 is 35.3 Å². The number of piperidine rings is 1. The maximum atomic E-state index is 11.7. The molecular formula is C18H32IN5O2S. The maximum Gasteiger partial charge on any atom is 0.409 e. The Morgan fingerprint density at radius 2 is 2.15 bits per heavy atom. The molecular weight excluding hydrogens is 477 g/mol. The first-order valence-corrected chi connectivity index (χ1v) is 10.3. The summed E-state index contributed by atoms with van der Waals surface area (Å²) in [4.78, 5) is 22.3. The molecule has 0 unspecified atom stereocenters. The number of hydrogen-bond acceptors (Lipinski definition) is 5. The van der Waals surface area contributed by atoms with Gasteiger partial charge in [0.25, 0.3) is 0 Å². The third-order valence-electron chi connectivity index (χ3n) is 4.36. The Hall–Kier alpha value is -1.10. The molecule has 9 heteroatoms. The molecule has 0 aliphatic carbocycles. The predicted molar refractivity (Wildman–Crippen MR) is 121 cm³/mol. The normalized spacial score (nSPS) is 15.2. The standard InChI is InChI=1S/C18H31N5O2S.HI/c1-4-25-18(24)23-11-8-15(9-12-23)22-17(19-3)20-10-6-5-7-16-21-14(2)13-26-16;/h13,15H,4-12H2,1-3H3,(H2,19,20,22);1H. The molecule has 0 radical (unpaired) electrons. The van der Waals surface area contributed by atoms with Gasteiger partial charge in [-0.3, -0.25) is 4.99 Å². The SMILES string of the molecule is CCOC(=O)N1CCC(NC(=NC)NCCCCc2nc(C)cs2)CC1.I. The van der Waals surface area contributed by atoms with E-state index in [0.717, 1.165) is 63.4 Å². The van der Waals surface area contributed by atoms with Gasteiger partial charge in [-0.1, -0.05) is 0 Å². The Labute approximate surface area is 183 Å². The van der Waals surface area contributed by atoms with E-state index in [9.17, 15) is 4.79 Å². The number of aryl methyl sites for hydroxylation is 2. The summed E-state index contributed by atoms with van der Waals surface area (Å²) in [6.45, 7) is 6.64. The molecule has 1 aliphatic heterocycles. The summed E-state index contributed by atoms with van der Waals surface area (Å²) in [5.41, 5.74) is 1.11. The van der Waals surface area contributed by atoms with Gasteiger partial charge in [0.2, 0.25) is 0 Å². The van der Waals surface area contributed by atoms with Gasteiger partial charge in [-0.2, -0.15) is 0 Å². The zero-order valence-electron chi connectivity index (χ0n) is 16.5. The molecule has 2 heterocycles. The Morgan fingerprint density at radius 1 is 1.41 bits per heavy atom.